The summed E-state index contributed by atoms with van der Waals surface area (Å²) in [5.74, 6) is -0.0630. The predicted octanol–water partition coefficient (Wildman–Crippen LogP) is 2.27. The Labute approximate surface area is 85.2 Å². The third-order valence-corrected chi connectivity index (χ3v) is 3.37. The first-order valence-corrected chi connectivity index (χ1v) is 6.10. The van der Waals surface area contributed by atoms with E-state index in [2.05, 4.69) is 4.98 Å². The largest absolute Gasteiger partial charge is 0.477 e. The van der Waals surface area contributed by atoms with Gasteiger partial charge >= 0.3 is 5.97 Å². The van der Waals surface area contributed by atoms with E-state index in [4.69, 9.17) is 5.11 Å². The van der Waals surface area contributed by atoms with Gasteiger partial charge in [-0.2, -0.15) is 11.8 Å². The van der Waals surface area contributed by atoms with Crippen LogP contribution in [0.1, 0.15) is 27.3 Å². The first kappa shape index (κ1) is 10.5. The number of thiazole rings is 1. The van der Waals surface area contributed by atoms with Gasteiger partial charge in [0.15, 0.2) is 0 Å². The lowest BCUT2D eigenvalue weighted by atomic mass is 10.3. The highest BCUT2D eigenvalue weighted by Crippen LogP contribution is 2.22. The standard InChI is InChI=1S/C8H11NO2S2/c1-3-5-7(8(10)11)13-6(9-5)4-12-2/h3-4H2,1-2H3,(H,10,11). The van der Waals surface area contributed by atoms with Gasteiger partial charge in [-0.05, 0) is 12.7 Å². The summed E-state index contributed by atoms with van der Waals surface area (Å²) in [5, 5.41) is 9.75. The van der Waals surface area contributed by atoms with E-state index in [-0.39, 0.29) is 0 Å². The summed E-state index contributed by atoms with van der Waals surface area (Å²) in [7, 11) is 0. The third kappa shape index (κ3) is 2.45. The van der Waals surface area contributed by atoms with E-state index in [1.807, 2.05) is 13.2 Å². The van der Waals surface area contributed by atoms with Crippen LogP contribution in [0, 0.1) is 0 Å². The van der Waals surface area contributed by atoms with Gasteiger partial charge < -0.3 is 5.11 Å². The molecule has 0 aromatic carbocycles. The fourth-order valence-corrected chi connectivity index (χ4v) is 2.68. The first-order valence-electron chi connectivity index (χ1n) is 3.89. The molecule has 1 aromatic rings. The fraction of sp³-hybridized carbons (Fsp3) is 0.500. The number of aromatic carboxylic acids is 1. The Hall–Kier alpha value is -0.550. The first-order chi connectivity index (χ1) is 6.19. The molecule has 0 unspecified atom stereocenters. The monoisotopic (exact) mass is 217 g/mol. The average Bonchev–Trinajstić information content (AvgIpc) is 2.48. The van der Waals surface area contributed by atoms with Crippen molar-refractivity contribution in [2.24, 2.45) is 0 Å². The number of nitrogens with zero attached hydrogens (tertiary/aromatic N) is 1. The number of aryl methyl sites for hydroxylation is 1. The normalized spacial score (nSPS) is 10.3. The fourth-order valence-electron chi connectivity index (χ4n) is 0.993. The summed E-state index contributed by atoms with van der Waals surface area (Å²) in [5.41, 5.74) is 0.710. The molecule has 1 N–H and O–H groups in total. The van der Waals surface area contributed by atoms with Gasteiger partial charge in [0, 0.05) is 5.75 Å². The number of hydrogen-bond acceptors (Lipinski definition) is 4. The number of carbonyl (C=O) groups is 1. The molecule has 0 amide bonds. The SMILES string of the molecule is CCc1nc(CSC)sc1C(=O)O. The minimum absolute atomic E-state index is 0.395. The molecule has 5 heteroatoms. The zero-order valence-electron chi connectivity index (χ0n) is 7.53. The van der Waals surface area contributed by atoms with Gasteiger partial charge in [0.25, 0.3) is 0 Å². The van der Waals surface area contributed by atoms with Gasteiger partial charge in [-0.15, -0.1) is 11.3 Å². The molecule has 0 atom stereocenters. The minimum Gasteiger partial charge on any atom is -0.477 e. The number of aromatic nitrogens is 1. The maximum Gasteiger partial charge on any atom is 0.347 e. The molecule has 3 nitrogen and oxygen atoms in total. The summed E-state index contributed by atoms with van der Waals surface area (Å²) < 4.78 is 0. The Kier molecular flexibility index (Phi) is 3.74. The summed E-state index contributed by atoms with van der Waals surface area (Å²) in [4.78, 5) is 15.4. The van der Waals surface area contributed by atoms with E-state index < -0.39 is 5.97 Å². The Bertz CT molecular complexity index is 309. The molecule has 1 aromatic heterocycles. The van der Waals surface area contributed by atoms with E-state index in [0.29, 0.717) is 17.0 Å². The number of carboxylic acids is 1. The van der Waals surface area contributed by atoms with Crippen molar-refractivity contribution in [1.82, 2.24) is 4.98 Å². The van der Waals surface area contributed by atoms with E-state index in [1.165, 1.54) is 11.3 Å². The van der Waals surface area contributed by atoms with Crippen molar-refractivity contribution >= 4 is 29.1 Å². The highest BCUT2D eigenvalue weighted by Gasteiger charge is 2.14. The van der Waals surface area contributed by atoms with Crippen LogP contribution in [0.4, 0.5) is 0 Å². The average molecular weight is 217 g/mol. The molecule has 0 aliphatic carbocycles. The molecule has 0 aliphatic heterocycles. The molecule has 13 heavy (non-hydrogen) atoms. The quantitative estimate of drug-likeness (QED) is 0.840. The summed E-state index contributed by atoms with van der Waals surface area (Å²) in [6, 6.07) is 0. The van der Waals surface area contributed by atoms with Crippen molar-refractivity contribution in [1.29, 1.82) is 0 Å². The predicted molar refractivity (Wildman–Crippen MR) is 55.7 cm³/mol. The van der Waals surface area contributed by atoms with Crippen molar-refractivity contribution in [3.63, 3.8) is 0 Å². The van der Waals surface area contributed by atoms with E-state index >= 15 is 0 Å². The van der Waals surface area contributed by atoms with Gasteiger partial charge in [-0.25, -0.2) is 9.78 Å². The van der Waals surface area contributed by atoms with Crippen LogP contribution >= 0.6 is 23.1 Å². The molecule has 1 heterocycles. The second kappa shape index (κ2) is 4.62. The highest BCUT2D eigenvalue weighted by molar-refractivity contribution is 7.97. The number of thioether (sulfide) groups is 1. The van der Waals surface area contributed by atoms with Crippen molar-refractivity contribution in [2.75, 3.05) is 6.26 Å². The lowest BCUT2D eigenvalue weighted by Gasteiger charge is -1.89. The molecule has 0 aliphatic rings. The van der Waals surface area contributed by atoms with Crippen molar-refractivity contribution in [3.05, 3.63) is 15.6 Å². The summed E-state index contributed by atoms with van der Waals surface area (Å²) >= 11 is 2.94. The van der Waals surface area contributed by atoms with Crippen LogP contribution in [0.25, 0.3) is 0 Å². The zero-order chi connectivity index (χ0) is 9.84. The molecule has 0 bridgehead atoms. The molecule has 1 rings (SSSR count). The molecule has 0 radical (unpaired) electrons. The van der Waals surface area contributed by atoms with Gasteiger partial charge in [-0.1, -0.05) is 6.92 Å². The molecule has 0 fully saturated rings. The van der Waals surface area contributed by atoms with E-state index in [1.54, 1.807) is 11.8 Å². The van der Waals surface area contributed by atoms with E-state index in [0.717, 1.165) is 10.8 Å². The number of carboxylic acid groups (broad SMARTS) is 1. The van der Waals surface area contributed by atoms with Gasteiger partial charge in [-0.3, -0.25) is 0 Å². The van der Waals surface area contributed by atoms with Crippen LogP contribution in [0.15, 0.2) is 0 Å². The molecular weight excluding hydrogens is 206 g/mol. The lowest BCUT2D eigenvalue weighted by Crippen LogP contribution is -1.97. The van der Waals surface area contributed by atoms with Crippen LogP contribution in [-0.4, -0.2) is 22.3 Å². The smallest absolute Gasteiger partial charge is 0.347 e. The number of rotatable bonds is 4. The van der Waals surface area contributed by atoms with E-state index in [9.17, 15) is 4.79 Å². The van der Waals surface area contributed by atoms with Gasteiger partial charge in [0.2, 0.25) is 0 Å². The molecule has 0 saturated heterocycles. The van der Waals surface area contributed by atoms with Crippen LogP contribution in [-0.2, 0) is 12.2 Å². The Morgan fingerprint density at radius 1 is 1.69 bits per heavy atom. The summed E-state index contributed by atoms with van der Waals surface area (Å²) in [6.45, 7) is 1.92. The maximum atomic E-state index is 10.8. The van der Waals surface area contributed by atoms with Crippen LogP contribution < -0.4 is 0 Å². The Morgan fingerprint density at radius 2 is 2.38 bits per heavy atom. The molecule has 0 saturated carbocycles. The van der Waals surface area contributed by atoms with Crippen LogP contribution in [0.3, 0.4) is 0 Å². The highest BCUT2D eigenvalue weighted by atomic mass is 32.2. The third-order valence-electron chi connectivity index (χ3n) is 1.54. The van der Waals surface area contributed by atoms with Crippen molar-refractivity contribution in [2.45, 2.75) is 19.1 Å². The lowest BCUT2D eigenvalue weighted by molar-refractivity contribution is 0.0701. The molecule has 0 spiro atoms. The van der Waals surface area contributed by atoms with Crippen molar-refractivity contribution in [3.8, 4) is 0 Å². The zero-order valence-corrected chi connectivity index (χ0v) is 9.17. The van der Waals surface area contributed by atoms with Gasteiger partial charge in [0.05, 0.1) is 5.69 Å². The Morgan fingerprint density at radius 3 is 2.77 bits per heavy atom. The van der Waals surface area contributed by atoms with Gasteiger partial charge in [0.1, 0.15) is 9.88 Å². The second-order valence-corrected chi connectivity index (χ2v) is 4.42. The molecular formula is C8H11NO2S2. The van der Waals surface area contributed by atoms with Crippen LogP contribution in [0.2, 0.25) is 0 Å². The number of hydrogen-bond donors (Lipinski definition) is 1. The minimum atomic E-state index is -0.860. The van der Waals surface area contributed by atoms with Crippen molar-refractivity contribution < 1.29 is 9.90 Å². The Balaban J connectivity index is 2.97. The summed E-state index contributed by atoms with van der Waals surface area (Å²) in [6.07, 6.45) is 2.67. The van der Waals surface area contributed by atoms with Crippen LogP contribution in [0.5, 0.6) is 0 Å². The topological polar surface area (TPSA) is 50.2 Å². The second-order valence-electron chi connectivity index (χ2n) is 2.48. The molecule has 72 valence electrons. The maximum absolute atomic E-state index is 10.8.